The number of nitrogens with one attached hydrogen (secondary N) is 1. The third kappa shape index (κ3) is 2.46. The second-order valence-corrected chi connectivity index (χ2v) is 3.61. The highest BCUT2D eigenvalue weighted by atomic mass is 15.3. The maximum Gasteiger partial charge on any atom is 0.164 e. The molecule has 0 saturated heterocycles. The average Bonchev–Trinajstić information content (AvgIpc) is 2.87. The molecule has 0 unspecified atom stereocenters. The van der Waals surface area contributed by atoms with E-state index < -0.39 is 0 Å². The highest BCUT2D eigenvalue weighted by molar-refractivity contribution is 4.97. The number of hydrogen-bond acceptors (Lipinski definition) is 4. The normalized spacial score (nSPS) is 10.9. The maximum absolute atomic E-state index is 4.19. The summed E-state index contributed by atoms with van der Waals surface area (Å²) in [7, 11) is 1.86. The Labute approximate surface area is 94.3 Å². The summed E-state index contributed by atoms with van der Waals surface area (Å²) < 4.78 is 3.81. The van der Waals surface area contributed by atoms with Gasteiger partial charge in [0.1, 0.15) is 6.33 Å². The monoisotopic (exact) mass is 220 g/mol. The molecule has 0 aliphatic carbocycles. The van der Waals surface area contributed by atoms with Crippen molar-refractivity contribution in [3.63, 3.8) is 0 Å². The second-order valence-electron chi connectivity index (χ2n) is 3.61. The summed E-state index contributed by atoms with van der Waals surface area (Å²) in [6.45, 7) is 4.51. The van der Waals surface area contributed by atoms with Crippen LogP contribution in [0.5, 0.6) is 0 Å². The standard InChI is InChI=1S/C10H16N6/c1-3-16-7-12-5-9(16)4-11-6-10-13-8-15(2)14-10/h5,7-8,11H,3-4,6H2,1-2H3. The van der Waals surface area contributed by atoms with Gasteiger partial charge < -0.3 is 9.88 Å². The zero-order valence-electron chi connectivity index (χ0n) is 9.59. The highest BCUT2D eigenvalue weighted by Gasteiger charge is 2.01. The molecule has 0 fully saturated rings. The fourth-order valence-corrected chi connectivity index (χ4v) is 1.55. The molecule has 1 N–H and O–H groups in total. The summed E-state index contributed by atoms with van der Waals surface area (Å²) >= 11 is 0. The van der Waals surface area contributed by atoms with Gasteiger partial charge >= 0.3 is 0 Å². The van der Waals surface area contributed by atoms with Crippen LogP contribution in [0, 0.1) is 0 Å². The molecule has 6 nitrogen and oxygen atoms in total. The lowest BCUT2D eigenvalue weighted by atomic mass is 10.4. The van der Waals surface area contributed by atoms with Gasteiger partial charge in [0, 0.05) is 26.3 Å². The molecule has 0 bridgehead atoms. The van der Waals surface area contributed by atoms with Gasteiger partial charge in [-0.2, -0.15) is 5.10 Å². The van der Waals surface area contributed by atoms with E-state index in [4.69, 9.17) is 0 Å². The average molecular weight is 220 g/mol. The van der Waals surface area contributed by atoms with Crippen molar-refractivity contribution in [1.29, 1.82) is 0 Å². The minimum absolute atomic E-state index is 0.676. The Morgan fingerprint density at radius 3 is 2.88 bits per heavy atom. The summed E-state index contributed by atoms with van der Waals surface area (Å²) in [5.74, 6) is 0.810. The van der Waals surface area contributed by atoms with Gasteiger partial charge in [0.05, 0.1) is 18.6 Å². The number of nitrogens with zero attached hydrogens (tertiary/aromatic N) is 5. The van der Waals surface area contributed by atoms with Crippen molar-refractivity contribution in [1.82, 2.24) is 29.6 Å². The Hall–Kier alpha value is -1.69. The van der Waals surface area contributed by atoms with Crippen molar-refractivity contribution < 1.29 is 0 Å². The van der Waals surface area contributed by atoms with Gasteiger partial charge in [0.25, 0.3) is 0 Å². The minimum Gasteiger partial charge on any atom is -0.334 e. The Morgan fingerprint density at radius 1 is 1.31 bits per heavy atom. The number of aromatic nitrogens is 5. The maximum atomic E-state index is 4.19. The van der Waals surface area contributed by atoms with Gasteiger partial charge in [-0.1, -0.05) is 0 Å². The predicted octanol–water partition coefficient (Wildman–Crippen LogP) is 0.321. The van der Waals surface area contributed by atoms with Gasteiger partial charge in [-0.25, -0.2) is 9.97 Å². The van der Waals surface area contributed by atoms with E-state index in [1.54, 1.807) is 11.0 Å². The minimum atomic E-state index is 0.676. The van der Waals surface area contributed by atoms with Crippen molar-refractivity contribution >= 4 is 0 Å². The third-order valence-corrected chi connectivity index (χ3v) is 2.38. The number of imidazole rings is 1. The highest BCUT2D eigenvalue weighted by Crippen LogP contribution is 1.98. The topological polar surface area (TPSA) is 60.6 Å². The molecule has 0 aliphatic rings. The van der Waals surface area contributed by atoms with E-state index in [-0.39, 0.29) is 0 Å². The van der Waals surface area contributed by atoms with E-state index in [1.807, 2.05) is 19.6 Å². The number of hydrogen-bond donors (Lipinski definition) is 1. The first-order chi connectivity index (χ1) is 7.79. The summed E-state index contributed by atoms with van der Waals surface area (Å²) in [5.41, 5.74) is 1.18. The van der Waals surface area contributed by atoms with E-state index in [2.05, 4.69) is 31.9 Å². The lowest BCUT2D eigenvalue weighted by Crippen LogP contribution is -2.16. The molecular formula is C10H16N6. The number of rotatable bonds is 5. The molecule has 2 aromatic heterocycles. The van der Waals surface area contributed by atoms with E-state index in [0.717, 1.165) is 18.9 Å². The number of aryl methyl sites for hydroxylation is 2. The second kappa shape index (κ2) is 4.89. The summed E-state index contributed by atoms with van der Waals surface area (Å²) in [6.07, 6.45) is 5.42. The molecule has 16 heavy (non-hydrogen) atoms. The van der Waals surface area contributed by atoms with Gasteiger partial charge in [0.2, 0.25) is 0 Å². The predicted molar refractivity (Wildman–Crippen MR) is 59.4 cm³/mol. The molecule has 0 aliphatic heterocycles. The Bertz CT molecular complexity index is 444. The van der Waals surface area contributed by atoms with Crippen molar-refractivity contribution in [2.45, 2.75) is 26.6 Å². The molecule has 0 atom stereocenters. The van der Waals surface area contributed by atoms with Crippen LogP contribution < -0.4 is 5.32 Å². The van der Waals surface area contributed by atoms with Crippen LogP contribution in [0.3, 0.4) is 0 Å². The molecule has 2 rings (SSSR count). The smallest absolute Gasteiger partial charge is 0.164 e. The molecule has 0 radical (unpaired) electrons. The van der Waals surface area contributed by atoms with Crippen LogP contribution in [0.25, 0.3) is 0 Å². The van der Waals surface area contributed by atoms with Crippen LogP contribution in [0.1, 0.15) is 18.4 Å². The van der Waals surface area contributed by atoms with Crippen molar-refractivity contribution in [2.75, 3.05) is 0 Å². The van der Waals surface area contributed by atoms with E-state index in [1.165, 1.54) is 5.69 Å². The molecule has 2 heterocycles. The molecule has 86 valence electrons. The van der Waals surface area contributed by atoms with E-state index in [9.17, 15) is 0 Å². The zero-order valence-corrected chi connectivity index (χ0v) is 9.59. The van der Waals surface area contributed by atoms with Gasteiger partial charge in [-0.15, -0.1) is 0 Å². The lowest BCUT2D eigenvalue weighted by Gasteiger charge is -2.05. The quantitative estimate of drug-likeness (QED) is 0.788. The van der Waals surface area contributed by atoms with Crippen molar-refractivity contribution in [3.8, 4) is 0 Å². The van der Waals surface area contributed by atoms with Crippen LogP contribution in [0.15, 0.2) is 18.9 Å². The van der Waals surface area contributed by atoms with E-state index in [0.29, 0.717) is 6.54 Å². The molecule has 0 aromatic carbocycles. The fourth-order valence-electron chi connectivity index (χ4n) is 1.55. The first-order valence-electron chi connectivity index (χ1n) is 5.34. The largest absolute Gasteiger partial charge is 0.334 e. The van der Waals surface area contributed by atoms with Crippen LogP contribution in [0.4, 0.5) is 0 Å². The first-order valence-corrected chi connectivity index (χ1v) is 5.34. The van der Waals surface area contributed by atoms with E-state index >= 15 is 0 Å². The molecule has 6 heteroatoms. The lowest BCUT2D eigenvalue weighted by molar-refractivity contribution is 0.608. The third-order valence-electron chi connectivity index (χ3n) is 2.38. The molecule has 0 amide bonds. The van der Waals surface area contributed by atoms with Crippen molar-refractivity contribution in [2.24, 2.45) is 7.05 Å². The van der Waals surface area contributed by atoms with Crippen LogP contribution >= 0.6 is 0 Å². The Balaban J connectivity index is 1.84. The fraction of sp³-hybridized carbons (Fsp3) is 0.500. The van der Waals surface area contributed by atoms with Gasteiger partial charge in [-0.05, 0) is 6.92 Å². The summed E-state index contributed by atoms with van der Waals surface area (Å²) in [5, 5.41) is 7.49. The first kappa shape index (κ1) is 10.8. The Kier molecular flexibility index (Phi) is 3.31. The van der Waals surface area contributed by atoms with Gasteiger partial charge in [-0.3, -0.25) is 4.68 Å². The Morgan fingerprint density at radius 2 is 2.19 bits per heavy atom. The van der Waals surface area contributed by atoms with Crippen LogP contribution in [-0.4, -0.2) is 24.3 Å². The van der Waals surface area contributed by atoms with Crippen molar-refractivity contribution in [3.05, 3.63) is 30.4 Å². The van der Waals surface area contributed by atoms with Crippen LogP contribution in [-0.2, 0) is 26.7 Å². The molecular weight excluding hydrogens is 204 g/mol. The molecule has 0 saturated carbocycles. The SMILES string of the molecule is CCn1cncc1CNCc1ncn(C)n1. The summed E-state index contributed by atoms with van der Waals surface area (Å²) in [4.78, 5) is 8.25. The summed E-state index contributed by atoms with van der Waals surface area (Å²) in [6, 6.07) is 0. The van der Waals surface area contributed by atoms with Crippen LogP contribution in [0.2, 0.25) is 0 Å². The molecule has 0 spiro atoms. The zero-order chi connectivity index (χ0) is 11.4. The van der Waals surface area contributed by atoms with Gasteiger partial charge in [0.15, 0.2) is 5.82 Å². The molecule has 2 aromatic rings.